The van der Waals surface area contributed by atoms with Crippen molar-refractivity contribution in [1.82, 2.24) is 14.9 Å². The minimum Gasteiger partial charge on any atom is -0.359 e. The minimum atomic E-state index is 0.468. The summed E-state index contributed by atoms with van der Waals surface area (Å²) in [6.45, 7) is 5.45. The van der Waals surface area contributed by atoms with Crippen LogP contribution in [-0.4, -0.2) is 48.6 Å². The van der Waals surface area contributed by atoms with Crippen LogP contribution in [0.15, 0.2) is 6.20 Å². The Morgan fingerprint density at radius 1 is 1.47 bits per heavy atom. The Hall–Kier alpha value is -1.40. The number of anilines is 2. The van der Waals surface area contributed by atoms with Crippen LogP contribution in [0.25, 0.3) is 0 Å². The van der Waals surface area contributed by atoms with E-state index in [0.29, 0.717) is 5.95 Å². The molecule has 2 rings (SSSR count). The molecule has 0 spiro atoms. The monoisotopic (exact) mass is 264 g/mol. The summed E-state index contributed by atoms with van der Waals surface area (Å²) in [5, 5.41) is 0. The molecule has 0 atom stereocenters. The molecule has 1 aliphatic rings. The highest BCUT2D eigenvalue weighted by atomic mass is 15.3. The maximum atomic E-state index is 5.37. The number of hydrazine groups is 1. The smallest absolute Gasteiger partial charge is 0.239 e. The van der Waals surface area contributed by atoms with Gasteiger partial charge in [0.05, 0.1) is 0 Å². The van der Waals surface area contributed by atoms with Crippen molar-refractivity contribution in [3.63, 3.8) is 0 Å². The highest BCUT2D eigenvalue weighted by Gasteiger charge is 2.19. The largest absolute Gasteiger partial charge is 0.359 e. The number of rotatable bonds is 4. The van der Waals surface area contributed by atoms with Gasteiger partial charge in [-0.1, -0.05) is 0 Å². The molecular weight excluding hydrogens is 240 g/mol. The van der Waals surface area contributed by atoms with E-state index in [2.05, 4.69) is 39.3 Å². The molecule has 1 aromatic rings. The molecule has 1 aromatic heterocycles. The maximum Gasteiger partial charge on any atom is 0.239 e. The van der Waals surface area contributed by atoms with Crippen LogP contribution in [0.3, 0.4) is 0 Å². The van der Waals surface area contributed by atoms with Crippen LogP contribution in [0.5, 0.6) is 0 Å². The highest BCUT2D eigenvalue weighted by Crippen LogP contribution is 2.22. The molecule has 1 fully saturated rings. The molecule has 6 heteroatoms. The zero-order valence-corrected chi connectivity index (χ0v) is 12.1. The molecule has 0 aliphatic carbocycles. The summed E-state index contributed by atoms with van der Waals surface area (Å²) in [4.78, 5) is 13.2. The number of piperidine rings is 1. The lowest BCUT2D eigenvalue weighted by Crippen LogP contribution is -2.36. The van der Waals surface area contributed by atoms with Gasteiger partial charge in [-0.05, 0) is 45.8 Å². The molecule has 6 nitrogen and oxygen atoms in total. The van der Waals surface area contributed by atoms with E-state index in [0.717, 1.165) is 23.8 Å². The second kappa shape index (κ2) is 6.16. The zero-order valence-electron chi connectivity index (χ0n) is 12.1. The van der Waals surface area contributed by atoms with E-state index in [1.54, 1.807) is 0 Å². The first-order valence-electron chi connectivity index (χ1n) is 6.80. The number of aryl methyl sites for hydroxylation is 1. The van der Waals surface area contributed by atoms with Gasteiger partial charge < -0.3 is 9.80 Å². The summed E-state index contributed by atoms with van der Waals surface area (Å²) in [7, 11) is 4.28. The van der Waals surface area contributed by atoms with Crippen LogP contribution >= 0.6 is 0 Å². The Labute approximate surface area is 115 Å². The van der Waals surface area contributed by atoms with Gasteiger partial charge in [0.15, 0.2) is 0 Å². The first-order valence-corrected chi connectivity index (χ1v) is 6.80. The van der Waals surface area contributed by atoms with Crippen molar-refractivity contribution in [2.24, 2.45) is 11.8 Å². The van der Waals surface area contributed by atoms with Gasteiger partial charge in [0.1, 0.15) is 5.82 Å². The molecule has 2 heterocycles. The van der Waals surface area contributed by atoms with Crippen molar-refractivity contribution < 1.29 is 0 Å². The summed E-state index contributed by atoms with van der Waals surface area (Å²) >= 11 is 0. The van der Waals surface area contributed by atoms with Crippen LogP contribution in [0.1, 0.15) is 18.4 Å². The number of nitrogens with one attached hydrogen (secondary N) is 1. The minimum absolute atomic E-state index is 0.468. The van der Waals surface area contributed by atoms with Gasteiger partial charge in [0.2, 0.25) is 5.95 Å². The molecule has 1 aliphatic heterocycles. The van der Waals surface area contributed by atoms with Crippen LogP contribution in [0.2, 0.25) is 0 Å². The van der Waals surface area contributed by atoms with Gasteiger partial charge in [-0.2, -0.15) is 4.98 Å². The van der Waals surface area contributed by atoms with Crippen LogP contribution < -0.4 is 16.2 Å². The molecule has 0 saturated carbocycles. The Bertz CT molecular complexity index is 414. The SMILES string of the molecule is Cc1cnc(NN)nc1N(C)CC1CCN(C)CC1. The third kappa shape index (κ3) is 3.54. The second-order valence-corrected chi connectivity index (χ2v) is 5.47. The van der Waals surface area contributed by atoms with Crippen molar-refractivity contribution in [1.29, 1.82) is 0 Å². The average Bonchev–Trinajstić information content (AvgIpc) is 2.42. The molecule has 19 heavy (non-hydrogen) atoms. The number of likely N-dealkylation sites (tertiary alicyclic amines) is 1. The van der Waals surface area contributed by atoms with Crippen molar-refractivity contribution in [2.45, 2.75) is 19.8 Å². The third-order valence-corrected chi connectivity index (χ3v) is 3.81. The summed E-state index contributed by atoms with van der Waals surface area (Å²) in [6, 6.07) is 0. The second-order valence-electron chi connectivity index (χ2n) is 5.47. The van der Waals surface area contributed by atoms with E-state index in [9.17, 15) is 0 Å². The summed E-state index contributed by atoms with van der Waals surface area (Å²) in [5.41, 5.74) is 3.58. The molecule has 3 N–H and O–H groups in total. The van der Waals surface area contributed by atoms with Crippen molar-refractivity contribution in [3.8, 4) is 0 Å². The van der Waals surface area contributed by atoms with Crippen LogP contribution in [-0.2, 0) is 0 Å². The molecular formula is C13H24N6. The molecule has 1 saturated heterocycles. The number of aromatic nitrogens is 2. The van der Waals surface area contributed by atoms with E-state index >= 15 is 0 Å². The maximum absolute atomic E-state index is 5.37. The fraction of sp³-hybridized carbons (Fsp3) is 0.692. The Morgan fingerprint density at radius 2 is 2.16 bits per heavy atom. The zero-order chi connectivity index (χ0) is 13.8. The summed E-state index contributed by atoms with van der Waals surface area (Å²) in [6.07, 6.45) is 4.32. The predicted octanol–water partition coefficient (Wildman–Crippen LogP) is 0.849. The summed E-state index contributed by atoms with van der Waals surface area (Å²) < 4.78 is 0. The average molecular weight is 264 g/mol. The predicted molar refractivity (Wildman–Crippen MR) is 78.1 cm³/mol. The van der Waals surface area contributed by atoms with Crippen LogP contribution in [0.4, 0.5) is 11.8 Å². The fourth-order valence-electron chi connectivity index (χ4n) is 2.61. The van der Waals surface area contributed by atoms with E-state index in [4.69, 9.17) is 5.84 Å². The Morgan fingerprint density at radius 3 is 2.79 bits per heavy atom. The van der Waals surface area contributed by atoms with E-state index < -0.39 is 0 Å². The lowest BCUT2D eigenvalue weighted by atomic mass is 9.96. The van der Waals surface area contributed by atoms with Crippen molar-refractivity contribution in [3.05, 3.63) is 11.8 Å². The number of nitrogen functional groups attached to an aromatic ring is 1. The van der Waals surface area contributed by atoms with Gasteiger partial charge in [-0.25, -0.2) is 10.8 Å². The first-order chi connectivity index (χ1) is 9.10. The molecule has 0 radical (unpaired) electrons. The molecule has 0 aromatic carbocycles. The quantitative estimate of drug-likeness (QED) is 0.620. The van der Waals surface area contributed by atoms with E-state index in [-0.39, 0.29) is 0 Å². The number of nitrogens with zero attached hydrogens (tertiary/aromatic N) is 4. The van der Waals surface area contributed by atoms with E-state index in [1.807, 2.05) is 13.1 Å². The van der Waals surface area contributed by atoms with Gasteiger partial charge in [-0.15, -0.1) is 0 Å². The Balaban J connectivity index is 2.01. The molecule has 106 valence electrons. The lowest BCUT2D eigenvalue weighted by Gasteiger charge is -2.32. The van der Waals surface area contributed by atoms with Gasteiger partial charge in [0, 0.05) is 25.4 Å². The fourth-order valence-corrected chi connectivity index (χ4v) is 2.61. The summed E-state index contributed by atoms with van der Waals surface area (Å²) in [5.74, 6) is 7.54. The standard InChI is InChI=1S/C13H24N6/c1-10-8-15-13(17-14)16-12(10)19(3)9-11-4-6-18(2)7-5-11/h8,11H,4-7,9,14H2,1-3H3,(H,15,16,17). The van der Waals surface area contributed by atoms with Crippen molar-refractivity contribution >= 4 is 11.8 Å². The highest BCUT2D eigenvalue weighted by molar-refractivity contribution is 5.48. The van der Waals surface area contributed by atoms with Gasteiger partial charge >= 0.3 is 0 Å². The number of hydrogen-bond acceptors (Lipinski definition) is 6. The van der Waals surface area contributed by atoms with E-state index in [1.165, 1.54) is 25.9 Å². The number of hydrogen-bond donors (Lipinski definition) is 2. The lowest BCUT2D eigenvalue weighted by molar-refractivity contribution is 0.222. The van der Waals surface area contributed by atoms with Crippen LogP contribution in [0, 0.1) is 12.8 Å². The number of nitrogens with two attached hydrogens (primary N) is 1. The molecule has 0 unspecified atom stereocenters. The third-order valence-electron chi connectivity index (χ3n) is 3.81. The Kier molecular flexibility index (Phi) is 4.55. The normalized spacial score (nSPS) is 17.5. The first kappa shape index (κ1) is 14.0. The molecule has 0 amide bonds. The molecule has 0 bridgehead atoms. The topological polar surface area (TPSA) is 70.3 Å². The van der Waals surface area contributed by atoms with Gasteiger partial charge in [-0.3, -0.25) is 5.43 Å². The van der Waals surface area contributed by atoms with Crippen molar-refractivity contribution in [2.75, 3.05) is 44.1 Å². The van der Waals surface area contributed by atoms with Gasteiger partial charge in [0.25, 0.3) is 0 Å².